The molecule has 108 valence electrons. The molecule has 0 saturated heterocycles. The molecular formula is C16H18F3N. The molecule has 1 aliphatic rings. The number of hydrogen-bond donors (Lipinski definition) is 0. The normalized spacial score (nSPS) is 27.1. The Kier molecular flexibility index (Phi) is 4.08. The molecule has 0 amide bonds. The average Bonchev–Trinajstić information content (AvgIpc) is 2.41. The first kappa shape index (κ1) is 14.9. The van der Waals surface area contributed by atoms with E-state index in [2.05, 4.69) is 13.0 Å². The third-order valence-electron chi connectivity index (χ3n) is 4.27. The summed E-state index contributed by atoms with van der Waals surface area (Å²) in [6.07, 6.45) is -0.391. The number of hydrogen-bond acceptors (Lipinski definition) is 1. The van der Waals surface area contributed by atoms with Gasteiger partial charge in [0.2, 0.25) is 0 Å². The molecule has 20 heavy (non-hydrogen) atoms. The van der Waals surface area contributed by atoms with Crippen LogP contribution in [0.1, 0.15) is 43.7 Å². The van der Waals surface area contributed by atoms with Crippen LogP contribution in [0.5, 0.6) is 0 Å². The predicted octanol–water partition coefficient (Wildman–Crippen LogP) is 4.97. The molecule has 0 bridgehead atoms. The van der Waals surface area contributed by atoms with E-state index in [1.807, 2.05) is 0 Å². The van der Waals surface area contributed by atoms with Crippen molar-refractivity contribution in [1.29, 1.82) is 5.26 Å². The number of halogens is 3. The highest BCUT2D eigenvalue weighted by molar-refractivity contribution is 5.27. The number of rotatable bonds is 2. The third kappa shape index (κ3) is 3.33. The van der Waals surface area contributed by atoms with Crippen LogP contribution in [-0.2, 0) is 12.6 Å². The second kappa shape index (κ2) is 5.47. The van der Waals surface area contributed by atoms with E-state index >= 15 is 0 Å². The molecule has 1 aliphatic carbocycles. The summed E-state index contributed by atoms with van der Waals surface area (Å²) in [4.78, 5) is 0. The molecule has 0 N–H and O–H groups in total. The SMILES string of the molecule is CC1CCC(C#N)(Cc2cccc(C(F)(F)F)c2)CC1. The minimum atomic E-state index is -4.32. The van der Waals surface area contributed by atoms with Crippen molar-refractivity contribution in [2.24, 2.45) is 11.3 Å². The lowest BCUT2D eigenvalue weighted by molar-refractivity contribution is -0.137. The lowest BCUT2D eigenvalue weighted by Crippen LogP contribution is -2.27. The zero-order valence-corrected chi connectivity index (χ0v) is 11.5. The van der Waals surface area contributed by atoms with Crippen LogP contribution >= 0.6 is 0 Å². The van der Waals surface area contributed by atoms with E-state index in [0.717, 1.165) is 31.7 Å². The Hall–Kier alpha value is -1.50. The highest BCUT2D eigenvalue weighted by Gasteiger charge is 2.35. The van der Waals surface area contributed by atoms with E-state index < -0.39 is 17.2 Å². The second-order valence-corrected chi connectivity index (χ2v) is 5.95. The Labute approximate surface area is 117 Å². The maximum Gasteiger partial charge on any atom is 0.416 e. The quantitative estimate of drug-likeness (QED) is 0.751. The summed E-state index contributed by atoms with van der Waals surface area (Å²) in [7, 11) is 0. The molecule has 0 radical (unpaired) electrons. The first-order chi connectivity index (χ1) is 9.35. The standard InChI is InChI=1S/C16H18F3N/c1-12-5-7-15(11-20,8-6-12)10-13-3-2-4-14(9-13)16(17,18)19/h2-4,9,12H,5-8,10H2,1H3. The van der Waals surface area contributed by atoms with Gasteiger partial charge in [-0.25, -0.2) is 0 Å². The van der Waals surface area contributed by atoms with Crippen LogP contribution in [0.25, 0.3) is 0 Å². The van der Waals surface area contributed by atoms with Crippen molar-refractivity contribution in [2.45, 2.75) is 45.2 Å². The van der Waals surface area contributed by atoms with Crippen molar-refractivity contribution in [2.75, 3.05) is 0 Å². The van der Waals surface area contributed by atoms with Crippen molar-refractivity contribution in [1.82, 2.24) is 0 Å². The van der Waals surface area contributed by atoms with Crippen LogP contribution in [0.2, 0.25) is 0 Å². The van der Waals surface area contributed by atoms with Crippen LogP contribution in [-0.4, -0.2) is 0 Å². The molecule has 0 spiro atoms. The van der Waals surface area contributed by atoms with Crippen LogP contribution in [0, 0.1) is 22.7 Å². The smallest absolute Gasteiger partial charge is 0.198 e. The first-order valence-electron chi connectivity index (χ1n) is 6.92. The van der Waals surface area contributed by atoms with Gasteiger partial charge in [-0.1, -0.05) is 25.1 Å². The van der Waals surface area contributed by atoms with Gasteiger partial charge in [0.15, 0.2) is 0 Å². The Bertz CT molecular complexity index is 505. The number of nitriles is 1. The first-order valence-corrected chi connectivity index (χ1v) is 6.92. The molecule has 0 aliphatic heterocycles. The van der Waals surface area contributed by atoms with Gasteiger partial charge in [-0.05, 0) is 49.7 Å². The summed E-state index contributed by atoms with van der Waals surface area (Å²) < 4.78 is 38.1. The lowest BCUT2D eigenvalue weighted by atomic mass is 9.69. The fraction of sp³-hybridized carbons (Fsp3) is 0.562. The van der Waals surface area contributed by atoms with Gasteiger partial charge in [-0.3, -0.25) is 0 Å². The summed E-state index contributed by atoms with van der Waals surface area (Å²) in [6.45, 7) is 2.16. The van der Waals surface area contributed by atoms with Crippen molar-refractivity contribution in [3.63, 3.8) is 0 Å². The van der Waals surface area contributed by atoms with Crippen molar-refractivity contribution in [3.05, 3.63) is 35.4 Å². The van der Waals surface area contributed by atoms with Crippen LogP contribution in [0.15, 0.2) is 24.3 Å². The largest absolute Gasteiger partial charge is 0.416 e. The van der Waals surface area contributed by atoms with Gasteiger partial charge in [-0.2, -0.15) is 18.4 Å². The Morgan fingerprint density at radius 1 is 1.30 bits per heavy atom. The van der Waals surface area contributed by atoms with Crippen LogP contribution < -0.4 is 0 Å². The Morgan fingerprint density at radius 3 is 2.50 bits per heavy atom. The molecule has 0 atom stereocenters. The van der Waals surface area contributed by atoms with Gasteiger partial charge in [0, 0.05) is 0 Å². The van der Waals surface area contributed by atoms with Crippen molar-refractivity contribution >= 4 is 0 Å². The van der Waals surface area contributed by atoms with E-state index in [-0.39, 0.29) is 0 Å². The van der Waals surface area contributed by atoms with Gasteiger partial charge in [-0.15, -0.1) is 0 Å². The van der Waals surface area contributed by atoms with Crippen LogP contribution in [0.3, 0.4) is 0 Å². The summed E-state index contributed by atoms with van der Waals surface area (Å²) in [6, 6.07) is 7.73. The number of benzene rings is 1. The fourth-order valence-corrected chi connectivity index (χ4v) is 2.89. The highest BCUT2D eigenvalue weighted by atomic mass is 19.4. The van der Waals surface area contributed by atoms with Crippen molar-refractivity contribution in [3.8, 4) is 6.07 Å². The van der Waals surface area contributed by atoms with Gasteiger partial charge >= 0.3 is 6.18 Å². The maximum absolute atomic E-state index is 12.7. The Morgan fingerprint density at radius 2 is 1.95 bits per heavy atom. The molecule has 1 saturated carbocycles. The number of nitrogens with zero attached hydrogens (tertiary/aromatic N) is 1. The predicted molar refractivity (Wildman–Crippen MR) is 70.8 cm³/mol. The summed E-state index contributed by atoms with van der Waals surface area (Å²) in [5.74, 6) is 0.609. The molecule has 1 nitrogen and oxygen atoms in total. The molecule has 0 aromatic heterocycles. The Balaban J connectivity index is 2.19. The van der Waals surface area contributed by atoms with E-state index in [0.29, 0.717) is 17.9 Å². The van der Waals surface area contributed by atoms with Gasteiger partial charge in [0.05, 0.1) is 17.0 Å². The summed E-state index contributed by atoms with van der Waals surface area (Å²) in [5, 5.41) is 9.45. The minimum Gasteiger partial charge on any atom is -0.198 e. The molecule has 2 rings (SSSR count). The summed E-state index contributed by atoms with van der Waals surface area (Å²) >= 11 is 0. The van der Waals surface area contributed by atoms with Crippen molar-refractivity contribution < 1.29 is 13.2 Å². The minimum absolute atomic E-state index is 0.417. The molecule has 4 heteroatoms. The van der Waals surface area contributed by atoms with Gasteiger partial charge in [0.1, 0.15) is 0 Å². The lowest BCUT2D eigenvalue weighted by Gasteiger charge is -2.33. The molecule has 0 unspecified atom stereocenters. The molecule has 1 aromatic carbocycles. The van der Waals surface area contributed by atoms with E-state index in [4.69, 9.17) is 0 Å². The summed E-state index contributed by atoms with van der Waals surface area (Å²) in [5.41, 5.74) is -0.514. The third-order valence-corrected chi connectivity index (χ3v) is 4.27. The second-order valence-electron chi connectivity index (χ2n) is 5.95. The fourth-order valence-electron chi connectivity index (χ4n) is 2.89. The molecular weight excluding hydrogens is 263 g/mol. The van der Waals surface area contributed by atoms with Gasteiger partial charge in [0.25, 0.3) is 0 Å². The highest BCUT2D eigenvalue weighted by Crippen LogP contribution is 2.41. The van der Waals surface area contributed by atoms with Gasteiger partial charge < -0.3 is 0 Å². The maximum atomic E-state index is 12.7. The van der Waals surface area contributed by atoms with Crippen LogP contribution in [0.4, 0.5) is 13.2 Å². The molecule has 0 heterocycles. The zero-order valence-electron chi connectivity index (χ0n) is 11.5. The van der Waals surface area contributed by atoms with E-state index in [1.165, 1.54) is 12.1 Å². The molecule has 1 aromatic rings. The topological polar surface area (TPSA) is 23.8 Å². The van der Waals surface area contributed by atoms with E-state index in [1.54, 1.807) is 6.07 Å². The monoisotopic (exact) mass is 281 g/mol. The average molecular weight is 281 g/mol. The zero-order chi connectivity index (χ0) is 14.8. The molecule has 1 fully saturated rings. The van der Waals surface area contributed by atoms with E-state index in [9.17, 15) is 18.4 Å². The number of alkyl halides is 3.